The van der Waals surface area contributed by atoms with Crippen molar-refractivity contribution < 1.29 is 19.2 Å². The molecule has 0 unspecified atom stereocenters. The van der Waals surface area contributed by atoms with Crippen LogP contribution in [0.5, 0.6) is 0 Å². The number of fused-ring (bicyclic) bond motifs is 1. The second-order valence-corrected chi connectivity index (χ2v) is 5.89. The SMILES string of the molecule is C[C@@]1(c2cccc3ccccc23)NC(=O)N(CC(=O)NC(N)=O)C1=O. The summed E-state index contributed by atoms with van der Waals surface area (Å²) in [7, 11) is 0. The highest BCUT2D eigenvalue weighted by atomic mass is 16.2. The first-order valence-electron chi connectivity index (χ1n) is 7.54. The largest absolute Gasteiger partial charge is 0.351 e. The van der Waals surface area contributed by atoms with E-state index in [4.69, 9.17) is 5.73 Å². The molecule has 6 amide bonds. The molecular formula is C17H16N4O4. The van der Waals surface area contributed by atoms with E-state index in [9.17, 15) is 19.2 Å². The predicted molar refractivity (Wildman–Crippen MR) is 89.3 cm³/mol. The van der Waals surface area contributed by atoms with Gasteiger partial charge in [-0.3, -0.25) is 19.8 Å². The lowest BCUT2D eigenvalue weighted by atomic mass is 9.88. The highest BCUT2D eigenvalue weighted by Gasteiger charge is 2.50. The van der Waals surface area contributed by atoms with E-state index in [0.717, 1.165) is 15.7 Å². The Morgan fingerprint density at radius 1 is 1.16 bits per heavy atom. The molecule has 128 valence electrons. The lowest BCUT2D eigenvalue weighted by Crippen LogP contribution is -2.45. The maximum Gasteiger partial charge on any atom is 0.325 e. The lowest BCUT2D eigenvalue weighted by molar-refractivity contribution is -0.134. The molecule has 0 spiro atoms. The molecule has 25 heavy (non-hydrogen) atoms. The quantitative estimate of drug-likeness (QED) is 0.715. The Kier molecular flexibility index (Phi) is 3.88. The number of nitrogens with two attached hydrogens (primary N) is 1. The first kappa shape index (κ1) is 16.4. The Bertz CT molecular complexity index is 905. The summed E-state index contributed by atoms with van der Waals surface area (Å²) in [6.45, 7) is 0.995. The predicted octanol–water partition coefficient (Wildman–Crippen LogP) is 0.802. The Labute approximate surface area is 143 Å². The standard InChI is InChI=1S/C17H16N4O4/c1-17(12-8-4-6-10-5-2-3-7-11(10)12)14(23)21(16(25)20-17)9-13(22)19-15(18)24/h2-8H,9H2,1H3,(H,20,25)(H3,18,19,22,24)/t17-/m0/s1. The first-order chi connectivity index (χ1) is 11.8. The molecule has 1 saturated heterocycles. The number of nitrogens with zero attached hydrogens (tertiary/aromatic N) is 1. The number of imide groups is 2. The molecule has 2 aromatic carbocycles. The number of hydrogen-bond donors (Lipinski definition) is 3. The van der Waals surface area contributed by atoms with Gasteiger partial charge in [0, 0.05) is 0 Å². The molecule has 1 heterocycles. The van der Waals surface area contributed by atoms with Gasteiger partial charge in [-0.15, -0.1) is 0 Å². The zero-order valence-corrected chi connectivity index (χ0v) is 13.4. The van der Waals surface area contributed by atoms with E-state index in [1.165, 1.54) is 0 Å². The normalized spacial score (nSPS) is 19.8. The van der Waals surface area contributed by atoms with Crippen molar-refractivity contribution >= 4 is 34.6 Å². The third-order valence-corrected chi connectivity index (χ3v) is 4.17. The molecular weight excluding hydrogens is 324 g/mol. The van der Waals surface area contributed by atoms with E-state index in [2.05, 4.69) is 5.32 Å². The summed E-state index contributed by atoms with van der Waals surface area (Å²) in [6, 6.07) is 11.2. The zero-order chi connectivity index (χ0) is 18.2. The zero-order valence-electron chi connectivity index (χ0n) is 13.4. The van der Waals surface area contributed by atoms with E-state index < -0.39 is 36.0 Å². The maximum absolute atomic E-state index is 12.8. The van der Waals surface area contributed by atoms with Crippen molar-refractivity contribution in [3.05, 3.63) is 48.0 Å². The van der Waals surface area contributed by atoms with Crippen LogP contribution in [0, 0.1) is 0 Å². The molecule has 1 aliphatic rings. The second kappa shape index (κ2) is 5.90. The summed E-state index contributed by atoms with van der Waals surface area (Å²) in [4.78, 5) is 48.2. The number of hydrogen-bond acceptors (Lipinski definition) is 4. The van der Waals surface area contributed by atoms with Gasteiger partial charge in [-0.25, -0.2) is 9.59 Å². The highest BCUT2D eigenvalue weighted by Crippen LogP contribution is 2.33. The van der Waals surface area contributed by atoms with Gasteiger partial charge in [0.05, 0.1) is 0 Å². The minimum absolute atomic E-state index is 0.575. The van der Waals surface area contributed by atoms with Crippen molar-refractivity contribution in [2.75, 3.05) is 6.54 Å². The van der Waals surface area contributed by atoms with Crippen LogP contribution >= 0.6 is 0 Å². The van der Waals surface area contributed by atoms with Crippen LogP contribution in [0.15, 0.2) is 42.5 Å². The molecule has 0 aromatic heterocycles. The first-order valence-corrected chi connectivity index (χ1v) is 7.54. The van der Waals surface area contributed by atoms with Crippen LogP contribution < -0.4 is 16.4 Å². The fraction of sp³-hybridized carbons (Fsp3) is 0.176. The Morgan fingerprint density at radius 2 is 1.84 bits per heavy atom. The highest BCUT2D eigenvalue weighted by molar-refractivity contribution is 6.11. The smallest absolute Gasteiger partial charge is 0.325 e. The minimum atomic E-state index is -1.31. The summed E-state index contributed by atoms with van der Waals surface area (Å²) < 4.78 is 0. The topological polar surface area (TPSA) is 122 Å². The van der Waals surface area contributed by atoms with E-state index in [1.54, 1.807) is 19.1 Å². The Hall–Kier alpha value is -3.42. The third-order valence-electron chi connectivity index (χ3n) is 4.17. The van der Waals surface area contributed by atoms with Crippen molar-refractivity contribution in [3.8, 4) is 0 Å². The van der Waals surface area contributed by atoms with Gasteiger partial charge in [0.15, 0.2) is 0 Å². The van der Waals surface area contributed by atoms with Gasteiger partial charge in [-0.1, -0.05) is 42.5 Å². The van der Waals surface area contributed by atoms with Gasteiger partial charge in [-0.05, 0) is 23.3 Å². The number of carbonyl (C=O) groups excluding carboxylic acids is 4. The average molecular weight is 340 g/mol. The van der Waals surface area contributed by atoms with Crippen LogP contribution in [0.4, 0.5) is 9.59 Å². The summed E-state index contributed by atoms with van der Waals surface area (Å²) in [5, 5.41) is 6.22. The molecule has 1 atom stereocenters. The number of urea groups is 2. The van der Waals surface area contributed by atoms with E-state index in [0.29, 0.717) is 5.56 Å². The van der Waals surface area contributed by atoms with Crippen LogP contribution in [0.25, 0.3) is 10.8 Å². The van der Waals surface area contributed by atoms with Crippen LogP contribution in [-0.4, -0.2) is 35.3 Å². The van der Waals surface area contributed by atoms with Gasteiger partial charge in [0.25, 0.3) is 5.91 Å². The van der Waals surface area contributed by atoms with Crippen molar-refractivity contribution in [2.45, 2.75) is 12.5 Å². The average Bonchev–Trinajstić information content (AvgIpc) is 2.78. The van der Waals surface area contributed by atoms with E-state index >= 15 is 0 Å². The summed E-state index contributed by atoms with van der Waals surface area (Å²) in [5.74, 6) is -1.41. The molecule has 2 aromatic rings. The summed E-state index contributed by atoms with van der Waals surface area (Å²) in [6.07, 6.45) is 0. The fourth-order valence-corrected chi connectivity index (χ4v) is 3.01. The molecule has 0 radical (unpaired) electrons. The van der Waals surface area contributed by atoms with Crippen molar-refractivity contribution in [2.24, 2.45) is 5.73 Å². The third kappa shape index (κ3) is 2.78. The van der Waals surface area contributed by atoms with Crippen LogP contribution in [0.2, 0.25) is 0 Å². The monoisotopic (exact) mass is 340 g/mol. The van der Waals surface area contributed by atoms with Crippen molar-refractivity contribution in [1.82, 2.24) is 15.5 Å². The molecule has 1 aliphatic heterocycles. The molecule has 0 aliphatic carbocycles. The Balaban J connectivity index is 1.97. The van der Waals surface area contributed by atoms with Crippen LogP contribution in [0.3, 0.4) is 0 Å². The molecule has 1 fully saturated rings. The van der Waals surface area contributed by atoms with Gasteiger partial charge in [-0.2, -0.15) is 0 Å². The van der Waals surface area contributed by atoms with Gasteiger partial charge >= 0.3 is 12.1 Å². The van der Waals surface area contributed by atoms with Crippen molar-refractivity contribution in [3.63, 3.8) is 0 Å². The minimum Gasteiger partial charge on any atom is -0.351 e. The number of benzene rings is 2. The van der Waals surface area contributed by atoms with E-state index in [1.807, 2.05) is 35.6 Å². The van der Waals surface area contributed by atoms with Gasteiger partial charge in [0.1, 0.15) is 12.1 Å². The lowest BCUT2D eigenvalue weighted by Gasteiger charge is -2.24. The van der Waals surface area contributed by atoms with Crippen LogP contribution in [0.1, 0.15) is 12.5 Å². The molecule has 8 nitrogen and oxygen atoms in total. The molecule has 0 bridgehead atoms. The second-order valence-electron chi connectivity index (χ2n) is 5.89. The van der Waals surface area contributed by atoms with Gasteiger partial charge < -0.3 is 11.1 Å². The van der Waals surface area contributed by atoms with E-state index in [-0.39, 0.29) is 0 Å². The van der Waals surface area contributed by atoms with Crippen LogP contribution in [-0.2, 0) is 15.1 Å². The number of nitrogens with one attached hydrogen (secondary N) is 2. The number of rotatable bonds is 3. The molecule has 8 heteroatoms. The fourth-order valence-electron chi connectivity index (χ4n) is 3.01. The molecule has 0 saturated carbocycles. The number of amides is 6. The summed E-state index contributed by atoms with van der Waals surface area (Å²) >= 11 is 0. The molecule has 3 rings (SSSR count). The summed E-state index contributed by atoms with van der Waals surface area (Å²) in [5.41, 5.74) is 4.18. The number of primary amides is 1. The molecule has 4 N–H and O–H groups in total. The van der Waals surface area contributed by atoms with Gasteiger partial charge in [0.2, 0.25) is 5.91 Å². The maximum atomic E-state index is 12.8. The van der Waals surface area contributed by atoms with Crippen molar-refractivity contribution in [1.29, 1.82) is 0 Å². The number of carbonyl (C=O) groups is 4. The Morgan fingerprint density at radius 3 is 2.56 bits per heavy atom.